The molecule has 0 aromatic heterocycles. The van der Waals surface area contributed by atoms with Crippen LogP contribution in [0, 0.1) is 21.7 Å². The van der Waals surface area contributed by atoms with Gasteiger partial charge in [-0.3, -0.25) is 30.6 Å². The molecule has 9 heteroatoms. The molecule has 2 N–H and O–H groups in total. The molecule has 23 heavy (non-hydrogen) atoms. The van der Waals surface area contributed by atoms with Crippen molar-refractivity contribution in [1.29, 1.82) is 0 Å². The van der Waals surface area contributed by atoms with Gasteiger partial charge in [0.05, 0.1) is 4.92 Å². The lowest BCUT2D eigenvalue weighted by atomic mass is 10.2. The average molecular weight is 321 g/mol. The van der Waals surface area contributed by atoms with Crippen LogP contribution in [0.3, 0.4) is 0 Å². The van der Waals surface area contributed by atoms with Crippen molar-refractivity contribution in [1.82, 2.24) is 10.9 Å². The molecular weight excluding hydrogens is 312 g/mol. The van der Waals surface area contributed by atoms with E-state index in [0.29, 0.717) is 6.07 Å². The maximum absolute atomic E-state index is 13.0. The molecule has 2 aromatic carbocycles. The van der Waals surface area contributed by atoms with Crippen LogP contribution in [0.4, 0.5) is 14.5 Å². The van der Waals surface area contributed by atoms with E-state index in [9.17, 15) is 28.5 Å². The zero-order valence-corrected chi connectivity index (χ0v) is 11.4. The Balaban J connectivity index is 1.99. The van der Waals surface area contributed by atoms with Gasteiger partial charge in [0.15, 0.2) is 11.6 Å². The lowest BCUT2D eigenvalue weighted by molar-refractivity contribution is -0.384. The molecule has 0 atom stereocenters. The molecule has 0 unspecified atom stereocenters. The Morgan fingerprint density at radius 3 is 1.91 bits per heavy atom. The monoisotopic (exact) mass is 321 g/mol. The van der Waals surface area contributed by atoms with Crippen molar-refractivity contribution >= 4 is 17.5 Å². The van der Waals surface area contributed by atoms with Gasteiger partial charge in [-0.25, -0.2) is 8.78 Å². The highest BCUT2D eigenvalue weighted by atomic mass is 19.2. The van der Waals surface area contributed by atoms with Gasteiger partial charge in [0.2, 0.25) is 0 Å². The third kappa shape index (κ3) is 3.84. The number of hydrazine groups is 1. The second-order valence-electron chi connectivity index (χ2n) is 4.34. The fraction of sp³-hybridized carbons (Fsp3) is 0. The molecule has 0 aliphatic rings. The molecule has 0 saturated carbocycles. The Kier molecular flexibility index (Phi) is 4.60. The number of amides is 2. The third-order valence-electron chi connectivity index (χ3n) is 2.81. The van der Waals surface area contributed by atoms with Crippen LogP contribution in [0.25, 0.3) is 0 Å². The van der Waals surface area contributed by atoms with E-state index < -0.39 is 28.4 Å². The summed E-state index contributed by atoms with van der Waals surface area (Å²) in [6, 6.07) is 7.18. The largest absolute Gasteiger partial charge is 0.269 e. The standard InChI is InChI=1S/C14H9F2N3O4/c15-11-6-3-9(7-12(11)16)14(21)18-17-13(20)8-1-4-10(5-2-8)19(22)23/h1-7H,(H,17,20)(H,18,21). The Bertz CT molecular complexity index is 778. The zero-order chi connectivity index (χ0) is 17.0. The number of halogens is 2. The molecule has 0 heterocycles. The first-order valence-corrected chi connectivity index (χ1v) is 6.18. The number of non-ortho nitro benzene ring substituents is 1. The molecule has 0 aliphatic heterocycles. The van der Waals surface area contributed by atoms with Crippen LogP contribution in [0.2, 0.25) is 0 Å². The van der Waals surface area contributed by atoms with Crippen LogP contribution in [0.1, 0.15) is 20.7 Å². The summed E-state index contributed by atoms with van der Waals surface area (Å²) in [5, 5.41) is 10.5. The summed E-state index contributed by atoms with van der Waals surface area (Å²) in [6.07, 6.45) is 0. The van der Waals surface area contributed by atoms with Crippen molar-refractivity contribution in [3.63, 3.8) is 0 Å². The second kappa shape index (κ2) is 6.60. The van der Waals surface area contributed by atoms with Crippen molar-refractivity contribution in [2.75, 3.05) is 0 Å². The van der Waals surface area contributed by atoms with Gasteiger partial charge in [-0.1, -0.05) is 0 Å². The summed E-state index contributed by atoms with van der Waals surface area (Å²) in [5.74, 6) is -3.87. The van der Waals surface area contributed by atoms with Crippen LogP contribution < -0.4 is 10.9 Å². The van der Waals surface area contributed by atoms with E-state index in [1.807, 2.05) is 5.43 Å². The molecule has 0 bridgehead atoms. The fourth-order valence-corrected chi connectivity index (χ4v) is 1.63. The third-order valence-corrected chi connectivity index (χ3v) is 2.81. The SMILES string of the molecule is O=C(NNC(=O)c1ccc(F)c(F)c1)c1ccc([N+](=O)[O-])cc1. The van der Waals surface area contributed by atoms with E-state index >= 15 is 0 Å². The van der Waals surface area contributed by atoms with Gasteiger partial charge in [-0.2, -0.15) is 0 Å². The molecule has 2 amide bonds. The smallest absolute Gasteiger partial charge is 0.267 e. The first-order valence-electron chi connectivity index (χ1n) is 6.18. The fourth-order valence-electron chi connectivity index (χ4n) is 1.63. The number of hydrogen-bond acceptors (Lipinski definition) is 4. The van der Waals surface area contributed by atoms with E-state index in [4.69, 9.17) is 0 Å². The highest BCUT2D eigenvalue weighted by Gasteiger charge is 2.12. The van der Waals surface area contributed by atoms with Gasteiger partial charge >= 0.3 is 0 Å². The quantitative estimate of drug-likeness (QED) is 0.666. The molecule has 118 valence electrons. The number of rotatable bonds is 3. The molecule has 7 nitrogen and oxygen atoms in total. The molecular formula is C14H9F2N3O4. The van der Waals surface area contributed by atoms with E-state index in [1.165, 1.54) is 12.1 Å². The van der Waals surface area contributed by atoms with Crippen molar-refractivity contribution in [3.05, 3.63) is 75.3 Å². The number of nitro groups is 1. The minimum absolute atomic E-state index is 0.0705. The number of nitrogens with one attached hydrogen (secondary N) is 2. The number of benzene rings is 2. The van der Waals surface area contributed by atoms with Crippen LogP contribution in [-0.4, -0.2) is 16.7 Å². The molecule has 0 fully saturated rings. The van der Waals surface area contributed by atoms with Gasteiger partial charge in [-0.05, 0) is 30.3 Å². The van der Waals surface area contributed by atoms with Gasteiger partial charge in [-0.15, -0.1) is 0 Å². The van der Waals surface area contributed by atoms with Crippen molar-refractivity contribution < 1.29 is 23.3 Å². The van der Waals surface area contributed by atoms with Crippen LogP contribution in [0.5, 0.6) is 0 Å². The number of carbonyl (C=O) groups excluding carboxylic acids is 2. The Hall–Kier alpha value is -3.36. The van der Waals surface area contributed by atoms with Gasteiger partial charge < -0.3 is 0 Å². The number of hydrogen-bond donors (Lipinski definition) is 2. The van der Waals surface area contributed by atoms with E-state index in [1.54, 1.807) is 0 Å². The minimum atomic E-state index is -1.20. The number of nitrogens with zero attached hydrogens (tertiary/aromatic N) is 1. The minimum Gasteiger partial charge on any atom is -0.267 e. The molecule has 0 saturated heterocycles. The maximum Gasteiger partial charge on any atom is 0.269 e. The number of nitro benzene ring substituents is 1. The van der Waals surface area contributed by atoms with Crippen molar-refractivity contribution in [2.45, 2.75) is 0 Å². The molecule has 0 aliphatic carbocycles. The highest BCUT2D eigenvalue weighted by Crippen LogP contribution is 2.12. The Morgan fingerprint density at radius 1 is 0.870 bits per heavy atom. The first kappa shape index (κ1) is 16.0. The normalized spacial score (nSPS) is 10.0. The summed E-state index contributed by atoms with van der Waals surface area (Å²) in [4.78, 5) is 33.3. The second-order valence-corrected chi connectivity index (χ2v) is 4.34. The molecule has 0 spiro atoms. The van der Waals surface area contributed by atoms with Crippen LogP contribution in [-0.2, 0) is 0 Å². The van der Waals surface area contributed by atoms with Crippen molar-refractivity contribution in [2.24, 2.45) is 0 Å². The summed E-state index contributed by atoms with van der Waals surface area (Å²) >= 11 is 0. The van der Waals surface area contributed by atoms with E-state index in [-0.39, 0.29) is 16.8 Å². The Labute approximate surface area is 128 Å². The van der Waals surface area contributed by atoms with Crippen LogP contribution in [0.15, 0.2) is 42.5 Å². The summed E-state index contributed by atoms with van der Waals surface area (Å²) in [7, 11) is 0. The predicted molar refractivity (Wildman–Crippen MR) is 74.4 cm³/mol. The Morgan fingerprint density at radius 2 is 1.39 bits per heavy atom. The summed E-state index contributed by atoms with van der Waals surface area (Å²) in [5.41, 5.74) is 3.77. The lowest BCUT2D eigenvalue weighted by Crippen LogP contribution is -2.41. The average Bonchev–Trinajstić information content (AvgIpc) is 2.54. The predicted octanol–water partition coefficient (Wildman–Crippen LogP) is 1.95. The maximum atomic E-state index is 13.0. The highest BCUT2D eigenvalue weighted by molar-refractivity contribution is 5.99. The van der Waals surface area contributed by atoms with Gasteiger partial charge in [0.25, 0.3) is 17.5 Å². The molecule has 2 rings (SSSR count). The van der Waals surface area contributed by atoms with E-state index in [2.05, 4.69) is 5.43 Å². The first-order chi connectivity index (χ1) is 10.9. The molecule has 2 aromatic rings. The molecule has 0 radical (unpaired) electrons. The topological polar surface area (TPSA) is 101 Å². The van der Waals surface area contributed by atoms with Gasteiger partial charge in [0.1, 0.15) is 0 Å². The summed E-state index contributed by atoms with van der Waals surface area (Å²) in [6.45, 7) is 0. The summed E-state index contributed by atoms with van der Waals surface area (Å²) < 4.78 is 25.8. The van der Waals surface area contributed by atoms with E-state index in [0.717, 1.165) is 24.3 Å². The number of carbonyl (C=O) groups is 2. The van der Waals surface area contributed by atoms with Crippen molar-refractivity contribution in [3.8, 4) is 0 Å². The van der Waals surface area contributed by atoms with Crippen LogP contribution >= 0.6 is 0 Å². The van der Waals surface area contributed by atoms with Gasteiger partial charge in [0, 0.05) is 23.3 Å². The zero-order valence-electron chi connectivity index (χ0n) is 11.4. The lowest BCUT2D eigenvalue weighted by Gasteiger charge is -2.07.